The van der Waals surface area contributed by atoms with E-state index in [1.54, 1.807) is 11.9 Å². The van der Waals surface area contributed by atoms with E-state index in [9.17, 15) is 14.0 Å². The Labute approximate surface area is 168 Å². The second-order valence-corrected chi connectivity index (χ2v) is 6.92. The molecule has 0 saturated carbocycles. The molecule has 0 radical (unpaired) electrons. The minimum absolute atomic E-state index is 0.0310. The van der Waals surface area contributed by atoms with Gasteiger partial charge in [0.2, 0.25) is 11.8 Å². The van der Waals surface area contributed by atoms with Crippen LogP contribution in [0.4, 0.5) is 10.1 Å². The standard InChI is InChI=1S/C21H24FN3O4/c1-14(15-3-8-18-19(11-15)29-10-9-28-18)23-20(26)12-25(2)13-21(27)24-17-6-4-16(22)5-7-17/h3-8,11,14H,9-10,12-13H2,1-2H3,(H,23,26)(H,24,27)/t14-/m0/s1. The highest BCUT2D eigenvalue weighted by molar-refractivity contribution is 5.92. The van der Waals surface area contributed by atoms with Gasteiger partial charge in [0.05, 0.1) is 19.1 Å². The molecule has 1 atom stereocenters. The summed E-state index contributed by atoms with van der Waals surface area (Å²) in [6, 6.07) is 10.9. The summed E-state index contributed by atoms with van der Waals surface area (Å²) in [5, 5.41) is 5.58. The van der Waals surface area contributed by atoms with Crippen molar-refractivity contribution in [2.24, 2.45) is 0 Å². The van der Waals surface area contributed by atoms with E-state index < -0.39 is 0 Å². The molecule has 2 aromatic rings. The Kier molecular flexibility index (Phi) is 6.66. The van der Waals surface area contributed by atoms with Crippen molar-refractivity contribution in [2.45, 2.75) is 13.0 Å². The normalized spacial score (nSPS) is 13.7. The van der Waals surface area contributed by atoms with Crippen LogP contribution < -0.4 is 20.1 Å². The molecule has 3 rings (SSSR count). The number of hydrogen-bond acceptors (Lipinski definition) is 5. The third-order valence-corrected chi connectivity index (χ3v) is 4.40. The number of anilines is 1. The van der Waals surface area contributed by atoms with Crippen LogP contribution in [0.2, 0.25) is 0 Å². The number of halogens is 1. The van der Waals surface area contributed by atoms with Crippen molar-refractivity contribution < 1.29 is 23.5 Å². The molecular formula is C21H24FN3O4. The predicted molar refractivity (Wildman–Crippen MR) is 107 cm³/mol. The first-order valence-electron chi connectivity index (χ1n) is 9.33. The fourth-order valence-electron chi connectivity index (χ4n) is 2.98. The zero-order valence-electron chi connectivity index (χ0n) is 16.4. The van der Waals surface area contributed by atoms with E-state index in [4.69, 9.17) is 9.47 Å². The van der Waals surface area contributed by atoms with Crippen LogP contribution in [0.15, 0.2) is 42.5 Å². The molecule has 7 nitrogen and oxygen atoms in total. The summed E-state index contributed by atoms with van der Waals surface area (Å²) in [5.74, 6) is 0.509. The molecule has 8 heteroatoms. The maximum Gasteiger partial charge on any atom is 0.238 e. The number of nitrogens with zero attached hydrogens (tertiary/aromatic N) is 1. The molecule has 29 heavy (non-hydrogen) atoms. The second kappa shape index (κ2) is 9.38. The van der Waals surface area contributed by atoms with Gasteiger partial charge in [0.1, 0.15) is 19.0 Å². The quantitative estimate of drug-likeness (QED) is 0.745. The fourth-order valence-corrected chi connectivity index (χ4v) is 2.98. The molecule has 0 unspecified atom stereocenters. The van der Waals surface area contributed by atoms with Gasteiger partial charge in [-0.1, -0.05) is 6.07 Å². The Hall–Kier alpha value is -3.13. The molecule has 0 saturated heterocycles. The molecule has 0 fully saturated rings. The summed E-state index contributed by atoms with van der Waals surface area (Å²) in [4.78, 5) is 26.0. The predicted octanol–water partition coefficient (Wildman–Crippen LogP) is 2.34. The van der Waals surface area contributed by atoms with Gasteiger partial charge >= 0.3 is 0 Å². The van der Waals surface area contributed by atoms with Crippen LogP contribution in [0.1, 0.15) is 18.5 Å². The number of benzene rings is 2. The van der Waals surface area contributed by atoms with E-state index in [2.05, 4.69) is 10.6 Å². The number of nitrogens with one attached hydrogen (secondary N) is 2. The first-order valence-corrected chi connectivity index (χ1v) is 9.33. The van der Waals surface area contributed by atoms with Crippen molar-refractivity contribution in [2.75, 3.05) is 38.7 Å². The number of carbonyl (C=O) groups excluding carboxylic acids is 2. The molecule has 1 aliphatic rings. The molecule has 2 aromatic carbocycles. The van der Waals surface area contributed by atoms with Gasteiger partial charge in [-0.3, -0.25) is 14.5 Å². The maximum absolute atomic E-state index is 12.9. The zero-order valence-corrected chi connectivity index (χ0v) is 16.4. The van der Waals surface area contributed by atoms with Crippen molar-refractivity contribution in [3.8, 4) is 11.5 Å². The molecule has 0 bridgehead atoms. The SMILES string of the molecule is C[C@H](NC(=O)CN(C)CC(=O)Nc1ccc(F)cc1)c1ccc2c(c1)OCCO2. The summed E-state index contributed by atoms with van der Waals surface area (Å²) in [6.07, 6.45) is 0. The third kappa shape index (κ3) is 5.92. The molecule has 2 amide bonds. The van der Waals surface area contributed by atoms with Gasteiger partial charge in [-0.05, 0) is 55.9 Å². The molecular weight excluding hydrogens is 377 g/mol. The monoisotopic (exact) mass is 401 g/mol. The van der Waals surface area contributed by atoms with Crippen molar-refractivity contribution in [3.63, 3.8) is 0 Å². The van der Waals surface area contributed by atoms with Crippen molar-refractivity contribution in [3.05, 3.63) is 53.8 Å². The number of hydrogen-bond donors (Lipinski definition) is 2. The minimum atomic E-state index is -0.371. The Bertz CT molecular complexity index is 873. The lowest BCUT2D eigenvalue weighted by Crippen LogP contribution is -2.39. The average Bonchev–Trinajstić information content (AvgIpc) is 2.69. The van der Waals surface area contributed by atoms with Gasteiger partial charge in [0.25, 0.3) is 0 Å². The van der Waals surface area contributed by atoms with E-state index in [0.29, 0.717) is 30.4 Å². The Balaban J connectivity index is 1.46. The molecule has 2 N–H and O–H groups in total. The number of ether oxygens (including phenoxy) is 2. The molecule has 0 spiro atoms. The Morgan fingerprint density at radius 3 is 2.41 bits per heavy atom. The number of fused-ring (bicyclic) bond motifs is 1. The van der Waals surface area contributed by atoms with E-state index in [1.165, 1.54) is 24.3 Å². The van der Waals surface area contributed by atoms with Gasteiger partial charge in [0, 0.05) is 5.69 Å². The number of carbonyl (C=O) groups is 2. The van der Waals surface area contributed by atoms with E-state index in [-0.39, 0.29) is 36.8 Å². The van der Waals surface area contributed by atoms with Crippen molar-refractivity contribution in [1.82, 2.24) is 10.2 Å². The van der Waals surface area contributed by atoms with Crippen molar-refractivity contribution >= 4 is 17.5 Å². The highest BCUT2D eigenvalue weighted by atomic mass is 19.1. The van der Waals surface area contributed by atoms with Crippen molar-refractivity contribution in [1.29, 1.82) is 0 Å². The van der Waals surface area contributed by atoms with Crippen LogP contribution in [0.5, 0.6) is 11.5 Å². The first kappa shape index (κ1) is 20.6. The lowest BCUT2D eigenvalue weighted by atomic mass is 10.1. The molecule has 1 heterocycles. The summed E-state index contributed by atoms with van der Waals surface area (Å²) < 4.78 is 24.0. The Morgan fingerprint density at radius 1 is 1.03 bits per heavy atom. The fraction of sp³-hybridized carbons (Fsp3) is 0.333. The van der Waals surface area contributed by atoms with Crippen LogP contribution in [-0.2, 0) is 9.59 Å². The smallest absolute Gasteiger partial charge is 0.238 e. The first-order chi connectivity index (χ1) is 13.9. The highest BCUT2D eigenvalue weighted by Gasteiger charge is 2.17. The number of rotatable bonds is 7. The summed E-state index contributed by atoms with van der Waals surface area (Å²) in [6.45, 7) is 3.00. The van der Waals surface area contributed by atoms with Gasteiger partial charge in [-0.15, -0.1) is 0 Å². The molecule has 1 aliphatic heterocycles. The zero-order chi connectivity index (χ0) is 20.8. The summed E-state index contributed by atoms with van der Waals surface area (Å²) in [5.41, 5.74) is 1.40. The summed E-state index contributed by atoms with van der Waals surface area (Å²) >= 11 is 0. The topological polar surface area (TPSA) is 79.9 Å². The highest BCUT2D eigenvalue weighted by Crippen LogP contribution is 2.32. The lowest BCUT2D eigenvalue weighted by molar-refractivity contribution is -0.123. The van der Waals surface area contributed by atoms with Gasteiger partial charge < -0.3 is 20.1 Å². The molecule has 154 valence electrons. The third-order valence-electron chi connectivity index (χ3n) is 4.40. The van der Waals surface area contributed by atoms with Crippen LogP contribution >= 0.6 is 0 Å². The maximum atomic E-state index is 12.9. The van der Waals surface area contributed by atoms with E-state index in [0.717, 1.165) is 5.56 Å². The minimum Gasteiger partial charge on any atom is -0.486 e. The van der Waals surface area contributed by atoms with Gasteiger partial charge in [-0.2, -0.15) is 0 Å². The van der Waals surface area contributed by atoms with Gasteiger partial charge in [0.15, 0.2) is 11.5 Å². The summed E-state index contributed by atoms with van der Waals surface area (Å²) in [7, 11) is 1.68. The van der Waals surface area contributed by atoms with Crippen LogP contribution in [-0.4, -0.2) is 50.1 Å². The molecule has 0 aromatic heterocycles. The van der Waals surface area contributed by atoms with Crippen LogP contribution in [0.25, 0.3) is 0 Å². The van der Waals surface area contributed by atoms with Crippen LogP contribution in [0, 0.1) is 5.82 Å². The Morgan fingerprint density at radius 2 is 1.69 bits per heavy atom. The second-order valence-electron chi connectivity index (χ2n) is 6.92. The largest absolute Gasteiger partial charge is 0.486 e. The van der Waals surface area contributed by atoms with Gasteiger partial charge in [-0.25, -0.2) is 4.39 Å². The number of amides is 2. The van der Waals surface area contributed by atoms with Crippen LogP contribution in [0.3, 0.4) is 0 Å². The van der Waals surface area contributed by atoms with E-state index in [1.807, 2.05) is 25.1 Å². The average molecular weight is 401 g/mol. The van der Waals surface area contributed by atoms with E-state index >= 15 is 0 Å². The number of likely N-dealkylation sites (N-methyl/N-ethyl adjacent to an activating group) is 1. The lowest BCUT2D eigenvalue weighted by Gasteiger charge is -2.22. The molecule has 0 aliphatic carbocycles.